The van der Waals surface area contributed by atoms with Crippen molar-refractivity contribution in [3.8, 4) is 22.3 Å². The summed E-state index contributed by atoms with van der Waals surface area (Å²) in [5.74, 6) is -0.600. The Kier molecular flexibility index (Phi) is 5.99. The molecule has 0 aliphatic heterocycles. The minimum Gasteiger partial charge on any atom is -0.289 e. The van der Waals surface area contributed by atoms with Crippen molar-refractivity contribution in [2.24, 2.45) is 0 Å². The largest absolute Gasteiger partial charge is 0.289 e. The van der Waals surface area contributed by atoms with E-state index in [1.54, 1.807) is 83.3 Å². The van der Waals surface area contributed by atoms with Crippen LogP contribution >= 0.6 is 22.7 Å². The summed E-state index contributed by atoms with van der Waals surface area (Å²) in [7, 11) is 0. The first-order valence-corrected chi connectivity index (χ1v) is 18.6. The molecule has 4 nitrogen and oxygen atoms in total. The lowest BCUT2D eigenvalue weighted by atomic mass is 9.81. The number of carbonyl (C=O) groups excluding carboxylic acids is 4. The summed E-state index contributed by atoms with van der Waals surface area (Å²) in [5, 5.41) is 4.27. The highest BCUT2D eigenvalue weighted by atomic mass is 32.1. The molecular weight excluding hydrogens is 681 g/mol. The Labute approximate surface area is 304 Å². The molecule has 2 aliphatic rings. The van der Waals surface area contributed by atoms with Crippen LogP contribution < -0.4 is 0 Å². The summed E-state index contributed by atoms with van der Waals surface area (Å²) >= 11 is 3.40. The lowest BCUT2D eigenvalue weighted by Crippen LogP contribution is -2.20. The zero-order valence-electron chi connectivity index (χ0n) is 27.2. The van der Waals surface area contributed by atoms with Crippen molar-refractivity contribution in [3.63, 3.8) is 0 Å². The Morgan fingerprint density at radius 3 is 1.06 bits per heavy atom. The Hall–Kier alpha value is -6.34. The molecule has 0 N–H and O–H groups in total. The predicted molar refractivity (Wildman–Crippen MR) is 210 cm³/mol. The number of rotatable bonds is 2. The first-order valence-electron chi connectivity index (χ1n) is 16.9. The third-order valence-corrected chi connectivity index (χ3v) is 12.9. The molecule has 0 bridgehead atoms. The van der Waals surface area contributed by atoms with Crippen LogP contribution in [-0.2, 0) is 0 Å². The first-order chi connectivity index (χ1) is 25.5. The van der Waals surface area contributed by atoms with E-state index in [1.807, 2.05) is 48.5 Å². The number of carbonyl (C=O) groups is 4. The molecule has 0 saturated carbocycles. The van der Waals surface area contributed by atoms with E-state index in [0.717, 1.165) is 62.6 Å². The van der Waals surface area contributed by atoms with E-state index in [2.05, 4.69) is 24.3 Å². The average Bonchev–Trinajstić information content (AvgIpc) is 3.77. The lowest BCUT2D eigenvalue weighted by Gasteiger charge is -2.20. The van der Waals surface area contributed by atoms with E-state index in [9.17, 15) is 19.2 Å². The fourth-order valence-corrected chi connectivity index (χ4v) is 10.8. The smallest absolute Gasteiger partial charge is 0.194 e. The quantitative estimate of drug-likeness (QED) is 0.180. The van der Waals surface area contributed by atoms with Crippen molar-refractivity contribution < 1.29 is 19.2 Å². The minimum atomic E-state index is -0.155. The van der Waals surface area contributed by atoms with Crippen molar-refractivity contribution in [1.82, 2.24) is 0 Å². The maximum atomic E-state index is 14.0. The highest BCUT2D eigenvalue weighted by Gasteiger charge is 2.33. The van der Waals surface area contributed by atoms with Crippen molar-refractivity contribution >= 4 is 86.2 Å². The van der Waals surface area contributed by atoms with Gasteiger partial charge in [0.1, 0.15) is 0 Å². The van der Waals surface area contributed by atoms with Gasteiger partial charge in [-0.15, -0.1) is 22.7 Å². The monoisotopic (exact) mass is 702 g/mol. The maximum Gasteiger partial charge on any atom is 0.194 e. The van der Waals surface area contributed by atoms with E-state index in [-0.39, 0.29) is 23.1 Å². The molecule has 0 radical (unpaired) electrons. The zero-order valence-corrected chi connectivity index (χ0v) is 28.8. The molecule has 7 aromatic carbocycles. The van der Waals surface area contributed by atoms with Gasteiger partial charge in [0, 0.05) is 96.0 Å². The van der Waals surface area contributed by atoms with Crippen LogP contribution in [0.2, 0.25) is 0 Å². The Balaban J connectivity index is 1.25. The van der Waals surface area contributed by atoms with Gasteiger partial charge >= 0.3 is 0 Å². The van der Waals surface area contributed by atoms with Gasteiger partial charge in [-0.2, -0.15) is 0 Å². The molecule has 9 aromatic rings. The second kappa shape index (κ2) is 10.6. The molecule has 0 spiro atoms. The zero-order chi connectivity index (χ0) is 34.8. The van der Waals surface area contributed by atoms with Crippen LogP contribution in [-0.4, -0.2) is 23.1 Å². The Bertz CT molecular complexity index is 2940. The number of benzene rings is 7. The Morgan fingerprint density at radius 2 is 0.654 bits per heavy atom. The summed E-state index contributed by atoms with van der Waals surface area (Å²) in [6.45, 7) is 0. The van der Waals surface area contributed by atoms with Gasteiger partial charge in [0.05, 0.1) is 0 Å². The van der Waals surface area contributed by atoms with E-state index in [4.69, 9.17) is 0 Å². The van der Waals surface area contributed by atoms with Crippen LogP contribution in [0.4, 0.5) is 0 Å². The highest BCUT2D eigenvalue weighted by molar-refractivity contribution is 7.28. The number of hydrogen-bond acceptors (Lipinski definition) is 6. The molecule has 0 unspecified atom stereocenters. The molecule has 11 rings (SSSR count). The van der Waals surface area contributed by atoms with Crippen LogP contribution in [0.25, 0.3) is 62.6 Å². The topological polar surface area (TPSA) is 68.3 Å². The lowest BCUT2D eigenvalue weighted by molar-refractivity contribution is 0.0979. The SMILES string of the molecule is O=C1c2ccccc2C(=O)c2cc(-c3c4sc5ccccc5c4c(-c4ccc5c(c4)C(=O)c4ccccc4C5=O)c4sc5ccccc5c34)ccc21. The van der Waals surface area contributed by atoms with Crippen molar-refractivity contribution in [2.75, 3.05) is 0 Å². The van der Waals surface area contributed by atoms with Crippen LogP contribution in [0.1, 0.15) is 63.7 Å². The van der Waals surface area contributed by atoms with Crippen LogP contribution in [0, 0.1) is 0 Å². The standard InChI is InChI=1S/C46H22O4S2/c47-41-25-9-1-3-11-27(25)43(49)33-21-23(17-19-29(33)41)37-39-31-13-5-7-15-35(31)52-46(39)38(40-32-14-6-8-16-36(32)51-45(37)40)24-18-20-30-34(22-24)44(50)28-12-4-2-10-26(28)42(30)48/h1-22H. The summed E-state index contributed by atoms with van der Waals surface area (Å²) in [5.41, 5.74) is 7.10. The van der Waals surface area contributed by atoms with Crippen molar-refractivity contribution in [3.05, 3.63) is 178 Å². The number of hydrogen-bond donors (Lipinski definition) is 0. The van der Waals surface area contributed by atoms with E-state index in [0.29, 0.717) is 44.5 Å². The maximum absolute atomic E-state index is 14.0. The molecule has 242 valence electrons. The molecule has 0 fully saturated rings. The van der Waals surface area contributed by atoms with Gasteiger partial charge in [-0.3, -0.25) is 19.2 Å². The predicted octanol–water partition coefficient (Wildman–Crippen LogP) is 11.3. The van der Waals surface area contributed by atoms with Gasteiger partial charge in [0.2, 0.25) is 0 Å². The summed E-state index contributed by atoms with van der Waals surface area (Å²) in [6, 6.07) is 42.1. The van der Waals surface area contributed by atoms with Gasteiger partial charge in [-0.05, 0) is 47.5 Å². The van der Waals surface area contributed by atoms with Gasteiger partial charge in [-0.25, -0.2) is 0 Å². The molecular formula is C46H22O4S2. The second-order valence-corrected chi connectivity index (χ2v) is 15.4. The molecule has 0 saturated heterocycles. The van der Waals surface area contributed by atoms with Crippen LogP contribution in [0.15, 0.2) is 133 Å². The average molecular weight is 703 g/mol. The molecule has 52 heavy (non-hydrogen) atoms. The molecule has 2 aliphatic carbocycles. The summed E-state index contributed by atoms with van der Waals surface area (Å²) in [6.07, 6.45) is 0. The van der Waals surface area contributed by atoms with Gasteiger partial charge in [0.25, 0.3) is 0 Å². The first kappa shape index (κ1) is 29.4. The van der Waals surface area contributed by atoms with Gasteiger partial charge in [0.15, 0.2) is 23.1 Å². The third-order valence-electron chi connectivity index (χ3n) is 10.6. The van der Waals surface area contributed by atoms with Gasteiger partial charge in [-0.1, -0.05) is 97.1 Å². The fourth-order valence-electron chi connectivity index (χ4n) is 8.23. The Morgan fingerprint density at radius 1 is 0.327 bits per heavy atom. The molecule has 0 atom stereocenters. The van der Waals surface area contributed by atoms with Crippen molar-refractivity contribution in [1.29, 1.82) is 0 Å². The molecule has 6 heteroatoms. The summed E-state index contributed by atoms with van der Waals surface area (Å²) in [4.78, 5) is 55.1. The van der Waals surface area contributed by atoms with E-state index in [1.165, 1.54) is 0 Å². The number of thiophene rings is 2. The van der Waals surface area contributed by atoms with Crippen LogP contribution in [0.3, 0.4) is 0 Å². The summed E-state index contributed by atoms with van der Waals surface area (Å²) < 4.78 is 4.32. The van der Waals surface area contributed by atoms with Crippen molar-refractivity contribution in [2.45, 2.75) is 0 Å². The third kappa shape index (κ3) is 3.85. The highest BCUT2D eigenvalue weighted by Crippen LogP contribution is 2.54. The van der Waals surface area contributed by atoms with E-state index < -0.39 is 0 Å². The number of fused-ring (bicyclic) bond motifs is 10. The molecule has 2 aromatic heterocycles. The number of ketones is 4. The minimum absolute atomic E-state index is 0.145. The fraction of sp³-hybridized carbons (Fsp3) is 0. The van der Waals surface area contributed by atoms with Crippen LogP contribution in [0.5, 0.6) is 0 Å². The van der Waals surface area contributed by atoms with Gasteiger partial charge < -0.3 is 0 Å². The normalized spacial score (nSPS) is 13.5. The van der Waals surface area contributed by atoms with E-state index >= 15 is 0 Å². The molecule has 0 amide bonds. The molecule has 2 heterocycles. The second-order valence-electron chi connectivity index (χ2n) is 13.3.